The van der Waals surface area contributed by atoms with Crippen molar-refractivity contribution in [2.75, 3.05) is 5.32 Å². The van der Waals surface area contributed by atoms with Gasteiger partial charge in [0, 0.05) is 22.4 Å². The number of anilines is 1. The van der Waals surface area contributed by atoms with E-state index in [1.54, 1.807) is 6.20 Å². The summed E-state index contributed by atoms with van der Waals surface area (Å²) in [6.07, 6.45) is 1.75. The molecule has 0 saturated heterocycles. The van der Waals surface area contributed by atoms with Crippen LogP contribution in [0.4, 0.5) is 5.13 Å². The quantitative estimate of drug-likeness (QED) is 0.499. The van der Waals surface area contributed by atoms with Crippen LogP contribution in [0.3, 0.4) is 0 Å². The Hall–Kier alpha value is -3.06. The van der Waals surface area contributed by atoms with Gasteiger partial charge in [0.25, 0.3) is 5.91 Å². The molecule has 1 N–H and O–H groups in total. The van der Waals surface area contributed by atoms with Gasteiger partial charge >= 0.3 is 0 Å². The van der Waals surface area contributed by atoms with Crippen LogP contribution in [0.5, 0.6) is 0 Å². The molecule has 0 radical (unpaired) electrons. The first-order chi connectivity index (χ1) is 13.8. The Kier molecular flexibility index (Phi) is 4.92. The molecule has 3 aromatic heterocycles. The van der Waals surface area contributed by atoms with Gasteiger partial charge in [0.2, 0.25) is 0 Å². The molecule has 0 saturated carbocycles. The second-order valence-electron chi connectivity index (χ2n) is 7.53. The van der Waals surface area contributed by atoms with Crippen molar-refractivity contribution in [3.63, 3.8) is 0 Å². The van der Waals surface area contributed by atoms with Gasteiger partial charge in [-0.25, -0.2) is 14.6 Å². The van der Waals surface area contributed by atoms with Crippen molar-refractivity contribution in [1.29, 1.82) is 0 Å². The number of carbonyl (C=O) groups is 1. The number of fused-ring (bicyclic) bond motifs is 1. The maximum Gasteiger partial charge on any atom is 0.259 e. The molecule has 0 bridgehead atoms. The van der Waals surface area contributed by atoms with Gasteiger partial charge in [-0.2, -0.15) is 5.10 Å². The van der Waals surface area contributed by atoms with Crippen molar-refractivity contribution in [3.8, 4) is 11.3 Å². The highest BCUT2D eigenvalue weighted by atomic mass is 32.1. The summed E-state index contributed by atoms with van der Waals surface area (Å²) in [5.74, 6) is -0.212. The lowest BCUT2D eigenvalue weighted by Gasteiger charge is -2.09. The van der Waals surface area contributed by atoms with Crippen LogP contribution in [0.15, 0.2) is 35.8 Å². The molecule has 148 valence electrons. The first-order valence-corrected chi connectivity index (χ1v) is 10.4. The highest BCUT2D eigenvalue weighted by Gasteiger charge is 2.17. The van der Waals surface area contributed by atoms with E-state index in [0.29, 0.717) is 16.4 Å². The number of hydrogen-bond acceptors (Lipinski definition) is 5. The summed E-state index contributed by atoms with van der Waals surface area (Å²) >= 11 is 1.42. The molecule has 0 fully saturated rings. The average Bonchev–Trinajstić information content (AvgIpc) is 3.27. The van der Waals surface area contributed by atoms with Crippen molar-refractivity contribution in [2.45, 2.75) is 40.7 Å². The Morgan fingerprint density at radius 3 is 2.66 bits per heavy atom. The third-order valence-electron chi connectivity index (χ3n) is 4.88. The number of pyridine rings is 1. The molecule has 29 heavy (non-hydrogen) atoms. The second kappa shape index (κ2) is 7.40. The predicted molar refractivity (Wildman–Crippen MR) is 118 cm³/mol. The zero-order valence-corrected chi connectivity index (χ0v) is 18.0. The number of amides is 1. The molecule has 0 aliphatic carbocycles. The number of rotatable bonds is 4. The fourth-order valence-electron chi connectivity index (χ4n) is 3.39. The lowest BCUT2D eigenvalue weighted by Crippen LogP contribution is -2.14. The van der Waals surface area contributed by atoms with Gasteiger partial charge in [-0.3, -0.25) is 10.1 Å². The summed E-state index contributed by atoms with van der Waals surface area (Å²) in [6.45, 7) is 10.1. The van der Waals surface area contributed by atoms with E-state index < -0.39 is 0 Å². The smallest absolute Gasteiger partial charge is 0.259 e. The molecule has 3 heterocycles. The van der Waals surface area contributed by atoms with Gasteiger partial charge in [-0.15, -0.1) is 11.3 Å². The minimum absolute atomic E-state index is 0.207. The van der Waals surface area contributed by atoms with Crippen LogP contribution in [0.1, 0.15) is 47.1 Å². The zero-order valence-electron chi connectivity index (χ0n) is 17.1. The molecule has 1 aromatic carbocycles. The third-order valence-corrected chi connectivity index (χ3v) is 5.63. The fourth-order valence-corrected chi connectivity index (χ4v) is 4.10. The first kappa shape index (κ1) is 19.3. The predicted octanol–water partition coefficient (Wildman–Crippen LogP) is 5.31. The van der Waals surface area contributed by atoms with Crippen LogP contribution in [0.25, 0.3) is 22.3 Å². The summed E-state index contributed by atoms with van der Waals surface area (Å²) in [7, 11) is 0. The lowest BCUT2D eigenvalue weighted by atomic mass is 10.0. The second-order valence-corrected chi connectivity index (χ2v) is 8.39. The first-order valence-electron chi connectivity index (χ1n) is 9.53. The van der Waals surface area contributed by atoms with Crippen molar-refractivity contribution in [1.82, 2.24) is 19.7 Å². The minimum atomic E-state index is -0.212. The Labute approximate surface area is 173 Å². The van der Waals surface area contributed by atoms with E-state index in [2.05, 4.69) is 66.3 Å². The van der Waals surface area contributed by atoms with Gasteiger partial charge < -0.3 is 0 Å². The monoisotopic (exact) mass is 405 g/mol. The van der Waals surface area contributed by atoms with Crippen molar-refractivity contribution < 1.29 is 4.79 Å². The van der Waals surface area contributed by atoms with E-state index in [1.807, 2.05) is 23.1 Å². The van der Waals surface area contributed by atoms with Gasteiger partial charge in [0.1, 0.15) is 0 Å². The van der Waals surface area contributed by atoms with Crippen LogP contribution in [-0.4, -0.2) is 25.7 Å². The Morgan fingerprint density at radius 2 is 1.93 bits per heavy atom. The van der Waals surface area contributed by atoms with Gasteiger partial charge in [-0.1, -0.05) is 23.8 Å². The average molecular weight is 406 g/mol. The molecule has 7 heteroatoms. The van der Waals surface area contributed by atoms with E-state index in [-0.39, 0.29) is 11.9 Å². The highest BCUT2D eigenvalue weighted by Crippen LogP contribution is 2.28. The number of thiazole rings is 1. The van der Waals surface area contributed by atoms with Crippen molar-refractivity contribution in [2.24, 2.45) is 0 Å². The molecule has 6 nitrogen and oxygen atoms in total. The number of aryl methyl sites for hydroxylation is 3. The van der Waals surface area contributed by atoms with E-state index in [4.69, 9.17) is 0 Å². The molecule has 0 atom stereocenters. The summed E-state index contributed by atoms with van der Waals surface area (Å²) in [5.41, 5.74) is 6.32. The molecular weight excluding hydrogens is 382 g/mol. The maximum absolute atomic E-state index is 12.9. The third kappa shape index (κ3) is 3.65. The molecule has 1 amide bonds. The van der Waals surface area contributed by atoms with Crippen LogP contribution in [0.2, 0.25) is 0 Å². The normalized spacial score (nSPS) is 11.4. The summed E-state index contributed by atoms with van der Waals surface area (Å²) < 4.78 is 1.86. The number of carbonyl (C=O) groups excluding carboxylic acids is 1. The molecule has 0 unspecified atom stereocenters. The number of benzene rings is 1. The Bertz CT molecular complexity index is 1220. The van der Waals surface area contributed by atoms with E-state index in [1.165, 1.54) is 22.5 Å². The lowest BCUT2D eigenvalue weighted by molar-refractivity contribution is 0.102. The van der Waals surface area contributed by atoms with Crippen LogP contribution in [0, 0.1) is 20.8 Å². The molecule has 0 aliphatic rings. The van der Waals surface area contributed by atoms with Gasteiger partial charge in [0.05, 0.1) is 23.1 Å². The summed E-state index contributed by atoms with van der Waals surface area (Å²) in [4.78, 5) is 22.1. The fraction of sp³-hybridized carbons (Fsp3) is 0.273. The summed E-state index contributed by atoms with van der Waals surface area (Å²) in [5, 5.41) is 10.7. The van der Waals surface area contributed by atoms with Gasteiger partial charge in [-0.05, 0) is 46.2 Å². The number of aromatic nitrogens is 4. The van der Waals surface area contributed by atoms with Crippen LogP contribution < -0.4 is 5.32 Å². The van der Waals surface area contributed by atoms with E-state index in [0.717, 1.165) is 22.3 Å². The van der Waals surface area contributed by atoms with Crippen molar-refractivity contribution >= 4 is 33.4 Å². The number of nitrogens with one attached hydrogen (secondary N) is 1. The Balaban J connectivity index is 1.60. The van der Waals surface area contributed by atoms with Crippen molar-refractivity contribution in [3.05, 3.63) is 58.2 Å². The number of nitrogens with zero attached hydrogens (tertiary/aromatic N) is 4. The van der Waals surface area contributed by atoms with Crippen LogP contribution in [-0.2, 0) is 0 Å². The van der Waals surface area contributed by atoms with Crippen LogP contribution >= 0.6 is 11.3 Å². The SMILES string of the molecule is Cc1ccc(-c2csc(NC(=O)c3cc4cnn(C(C)C)c4nc3C)n2)c(C)c1. The van der Waals surface area contributed by atoms with E-state index >= 15 is 0 Å². The van der Waals surface area contributed by atoms with E-state index in [9.17, 15) is 4.79 Å². The molecule has 4 aromatic rings. The maximum atomic E-state index is 12.9. The molecule has 0 spiro atoms. The highest BCUT2D eigenvalue weighted by molar-refractivity contribution is 7.14. The molecule has 0 aliphatic heterocycles. The molecular formula is C22H23N5OS. The largest absolute Gasteiger partial charge is 0.298 e. The Morgan fingerprint density at radius 1 is 1.14 bits per heavy atom. The zero-order chi connectivity index (χ0) is 20.7. The standard InChI is InChI=1S/C22H23N5OS/c1-12(2)27-20-16(10-23-27)9-18(15(5)24-20)21(28)26-22-25-19(11-29-22)17-7-6-13(3)8-14(17)4/h6-12H,1-5H3,(H,25,26,28). The summed E-state index contributed by atoms with van der Waals surface area (Å²) in [6, 6.07) is 8.32. The van der Waals surface area contributed by atoms with Gasteiger partial charge in [0.15, 0.2) is 10.8 Å². The number of hydrogen-bond donors (Lipinski definition) is 1. The minimum Gasteiger partial charge on any atom is -0.298 e. The molecule has 4 rings (SSSR count). The topological polar surface area (TPSA) is 72.7 Å².